The Hall–Kier alpha value is -2.90. The first-order chi connectivity index (χ1) is 12.9. The number of rotatable bonds is 4. The van der Waals surface area contributed by atoms with Gasteiger partial charge in [-0.3, -0.25) is 14.2 Å². The summed E-state index contributed by atoms with van der Waals surface area (Å²) in [4.78, 5) is 22.5. The molecule has 4 rings (SSSR count). The van der Waals surface area contributed by atoms with Gasteiger partial charge >= 0.3 is 0 Å². The summed E-state index contributed by atoms with van der Waals surface area (Å²) >= 11 is 0. The predicted molar refractivity (Wildman–Crippen MR) is 100 cm³/mol. The molecule has 0 radical (unpaired) electrons. The highest BCUT2D eigenvalue weighted by Crippen LogP contribution is 2.31. The summed E-state index contributed by atoms with van der Waals surface area (Å²) in [5.74, 6) is 0.183. The molecule has 0 saturated heterocycles. The van der Waals surface area contributed by atoms with Crippen molar-refractivity contribution in [2.24, 2.45) is 7.05 Å². The van der Waals surface area contributed by atoms with E-state index in [1.54, 1.807) is 11.0 Å². The zero-order valence-electron chi connectivity index (χ0n) is 16.2. The fourth-order valence-corrected chi connectivity index (χ4v) is 3.76. The van der Waals surface area contributed by atoms with E-state index in [4.69, 9.17) is 0 Å². The molecule has 1 aliphatic rings. The largest absolute Gasteiger partial charge is 0.347 e. The standard InChI is InChI=1S/C19H25N7O/c1-12-13(2)23-26(14(12)3)6-5-18(27)25-9-16(15-7-22-24(4)8-15)19-17(10-25)20-11-21-19/h7-8,11,16H,5-6,9-10H2,1-4H3,(H,20,21). The molecule has 0 saturated carbocycles. The van der Waals surface area contributed by atoms with Crippen LogP contribution in [0.1, 0.15) is 46.2 Å². The lowest BCUT2D eigenvalue weighted by atomic mass is 9.93. The normalized spacial score (nSPS) is 16.6. The molecule has 1 aliphatic heterocycles. The van der Waals surface area contributed by atoms with E-state index >= 15 is 0 Å². The third kappa shape index (κ3) is 3.15. The number of aromatic nitrogens is 6. The average molecular weight is 367 g/mol. The van der Waals surface area contributed by atoms with Gasteiger partial charge in [0.1, 0.15) is 0 Å². The zero-order valence-corrected chi connectivity index (χ0v) is 16.2. The highest BCUT2D eigenvalue weighted by molar-refractivity contribution is 5.76. The molecule has 8 nitrogen and oxygen atoms in total. The zero-order chi connectivity index (χ0) is 19.1. The molecule has 0 spiro atoms. The summed E-state index contributed by atoms with van der Waals surface area (Å²) in [5, 5.41) is 8.82. The van der Waals surface area contributed by atoms with Crippen molar-refractivity contribution in [1.29, 1.82) is 0 Å². The Bertz CT molecular complexity index is 980. The van der Waals surface area contributed by atoms with Gasteiger partial charge in [0.05, 0.1) is 36.2 Å². The maximum atomic E-state index is 12.9. The highest BCUT2D eigenvalue weighted by Gasteiger charge is 2.31. The Balaban J connectivity index is 1.50. The maximum Gasteiger partial charge on any atom is 0.224 e. The van der Waals surface area contributed by atoms with Crippen LogP contribution in [0.2, 0.25) is 0 Å². The smallest absolute Gasteiger partial charge is 0.224 e. The summed E-state index contributed by atoms with van der Waals surface area (Å²) in [6.45, 7) is 7.92. The number of hydrogen-bond acceptors (Lipinski definition) is 4. The van der Waals surface area contributed by atoms with Crippen molar-refractivity contribution >= 4 is 5.91 Å². The minimum atomic E-state index is 0.0496. The summed E-state index contributed by atoms with van der Waals surface area (Å²) in [7, 11) is 1.90. The molecule has 0 bridgehead atoms. The van der Waals surface area contributed by atoms with Crippen molar-refractivity contribution in [3.05, 3.63) is 52.6 Å². The Morgan fingerprint density at radius 3 is 2.81 bits per heavy atom. The summed E-state index contributed by atoms with van der Waals surface area (Å²) < 4.78 is 3.72. The SMILES string of the molecule is Cc1nn(CCC(=O)N2Cc3[nH]cnc3C(c3cnn(C)c3)C2)c(C)c1C. The topological polar surface area (TPSA) is 84.6 Å². The molecule has 3 aromatic rings. The first kappa shape index (κ1) is 17.5. The first-order valence-electron chi connectivity index (χ1n) is 9.23. The molecule has 8 heteroatoms. The number of carbonyl (C=O) groups excluding carboxylic acids is 1. The minimum absolute atomic E-state index is 0.0496. The number of H-pyrrole nitrogens is 1. The minimum Gasteiger partial charge on any atom is -0.347 e. The Labute approximate surface area is 158 Å². The average Bonchev–Trinajstić information content (AvgIpc) is 3.35. The Morgan fingerprint density at radius 1 is 1.33 bits per heavy atom. The predicted octanol–water partition coefficient (Wildman–Crippen LogP) is 1.83. The van der Waals surface area contributed by atoms with E-state index < -0.39 is 0 Å². The molecule has 1 atom stereocenters. The first-order valence-corrected chi connectivity index (χ1v) is 9.23. The second-order valence-electron chi connectivity index (χ2n) is 7.31. The van der Waals surface area contributed by atoms with Gasteiger partial charge in [-0.05, 0) is 26.3 Å². The molecule has 4 heterocycles. The van der Waals surface area contributed by atoms with Crippen molar-refractivity contribution < 1.29 is 4.79 Å². The number of nitrogens with zero attached hydrogens (tertiary/aromatic N) is 6. The second-order valence-corrected chi connectivity index (χ2v) is 7.31. The molecular formula is C19H25N7O. The molecular weight excluding hydrogens is 342 g/mol. The van der Waals surface area contributed by atoms with E-state index in [0.29, 0.717) is 26.1 Å². The second kappa shape index (κ2) is 6.68. The van der Waals surface area contributed by atoms with Crippen molar-refractivity contribution in [1.82, 2.24) is 34.4 Å². The van der Waals surface area contributed by atoms with Gasteiger partial charge in [-0.15, -0.1) is 0 Å². The van der Waals surface area contributed by atoms with Crippen LogP contribution in [0.4, 0.5) is 0 Å². The van der Waals surface area contributed by atoms with Gasteiger partial charge in [-0.2, -0.15) is 10.2 Å². The monoisotopic (exact) mass is 367 g/mol. The number of aromatic amines is 1. The quantitative estimate of drug-likeness (QED) is 0.762. The molecule has 142 valence electrons. The lowest BCUT2D eigenvalue weighted by Gasteiger charge is -2.31. The van der Waals surface area contributed by atoms with E-state index in [0.717, 1.165) is 28.3 Å². The maximum absolute atomic E-state index is 12.9. The molecule has 0 aliphatic carbocycles. The highest BCUT2D eigenvalue weighted by atomic mass is 16.2. The van der Waals surface area contributed by atoms with Crippen LogP contribution in [-0.2, 0) is 24.9 Å². The van der Waals surface area contributed by atoms with Gasteiger partial charge in [0.25, 0.3) is 0 Å². The summed E-state index contributed by atoms with van der Waals surface area (Å²) in [5.41, 5.74) is 6.45. The number of aryl methyl sites for hydroxylation is 3. The summed E-state index contributed by atoms with van der Waals surface area (Å²) in [6, 6.07) is 0. The third-order valence-electron chi connectivity index (χ3n) is 5.59. The van der Waals surface area contributed by atoms with Crippen LogP contribution in [-0.4, -0.2) is 46.9 Å². The number of amides is 1. The molecule has 3 aromatic heterocycles. The van der Waals surface area contributed by atoms with Crippen molar-refractivity contribution in [2.45, 2.75) is 46.2 Å². The van der Waals surface area contributed by atoms with Crippen LogP contribution < -0.4 is 0 Å². The number of nitrogens with one attached hydrogen (secondary N) is 1. The van der Waals surface area contributed by atoms with Crippen LogP contribution in [0.5, 0.6) is 0 Å². The molecule has 27 heavy (non-hydrogen) atoms. The van der Waals surface area contributed by atoms with Gasteiger partial charge in [0, 0.05) is 49.9 Å². The van der Waals surface area contributed by atoms with E-state index in [-0.39, 0.29) is 11.8 Å². The van der Waals surface area contributed by atoms with Gasteiger partial charge in [0.15, 0.2) is 0 Å². The van der Waals surface area contributed by atoms with Crippen molar-refractivity contribution in [3.8, 4) is 0 Å². The van der Waals surface area contributed by atoms with Crippen LogP contribution in [0.25, 0.3) is 0 Å². The van der Waals surface area contributed by atoms with E-state index in [2.05, 4.69) is 34.0 Å². The van der Waals surface area contributed by atoms with E-state index in [1.165, 1.54) is 5.56 Å². The van der Waals surface area contributed by atoms with Crippen LogP contribution in [0.15, 0.2) is 18.7 Å². The fourth-order valence-electron chi connectivity index (χ4n) is 3.76. The molecule has 1 N–H and O–H groups in total. The van der Waals surface area contributed by atoms with E-state index in [1.807, 2.05) is 35.9 Å². The lowest BCUT2D eigenvalue weighted by Crippen LogP contribution is -2.39. The number of fused-ring (bicyclic) bond motifs is 1. The summed E-state index contributed by atoms with van der Waals surface area (Å²) in [6.07, 6.45) is 6.00. The van der Waals surface area contributed by atoms with Crippen LogP contribution >= 0.6 is 0 Å². The van der Waals surface area contributed by atoms with Crippen LogP contribution in [0, 0.1) is 20.8 Å². The van der Waals surface area contributed by atoms with Crippen LogP contribution in [0.3, 0.4) is 0 Å². The fraction of sp³-hybridized carbons (Fsp3) is 0.474. The van der Waals surface area contributed by atoms with Gasteiger partial charge in [-0.25, -0.2) is 4.98 Å². The van der Waals surface area contributed by atoms with Crippen molar-refractivity contribution in [2.75, 3.05) is 6.54 Å². The van der Waals surface area contributed by atoms with Gasteiger partial charge in [0.2, 0.25) is 5.91 Å². The number of imidazole rings is 1. The number of hydrogen-bond donors (Lipinski definition) is 1. The molecule has 1 amide bonds. The van der Waals surface area contributed by atoms with E-state index in [9.17, 15) is 4.79 Å². The third-order valence-corrected chi connectivity index (χ3v) is 5.59. The number of carbonyl (C=O) groups is 1. The lowest BCUT2D eigenvalue weighted by molar-refractivity contribution is -0.132. The Kier molecular flexibility index (Phi) is 4.33. The molecule has 0 aromatic carbocycles. The molecule has 1 unspecified atom stereocenters. The van der Waals surface area contributed by atoms with Crippen molar-refractivity contribution in [3.63, 3.8) is 0 Å². The molecule has 0 fully saturated rings. The van der Waals surface area contributed by atoms with Gasteiger partial charge in [-0.1, -0.05) is 0 Å². The van der Waals surface area contributed by atoms with Gasteiger partial charge < -0.3 is 9.88 Å². The Morgan fingerprint density at radius 2 is 2.15 bits per heavy atom.